The number of ether oxygens (including phenoxy) is 2. The van der Waals surface area contributed by atoms with Crippen LogP contribution in [0.5, 0.6) is 0 Å². The Morgan fingerprint density at radius 2 is 1.49 bits per heavy atom. The van der Waals surface area contributed by atoms with Crippen molar-refractivity contribution in [1.82, 2.24) is 5.32 Å². The molecule has 2 aromatic carbocycles. The van der Waals surface area contributed by atoms with E-state index in [0.717, 1.165) is 11.1 Å². The SMILES string of the molecule is CC(OC(=O)NC(C)P(=O)(O)CC(Cc1ccc(-c2ccccc2)cc1)C(=O)O)OC(=O)C(C)C. The van der Waals surface area contributed by atoms with E-state index in [1.807, 2.05) is 42.5 Å². The molecule has 0 bridgehead atoms. The summed E-state index contributed by atoms with van der Waals surface area (Å²) in [6, 6.07) is 17.0. The van der Waals surface area contributed by atoms with Crippen molar-refractivity contribution in [2.45, 2.75) is 46.2 Å². The first-order valence-electron chi connectivity index (χ1n) is 11.3. The fourth-order valence-electron chi connectivity index (χ4n) is 3.23. The molecule has 2 rings (SSSR count). The van der Waals surface area contributed by atoms with E-state index in [2.05, 4.69) is 5.32 Å². The van der Waals surface area contributed by atoms with Gasteiger partial charge in [-0.05, 0) is 30.0 Å². The molecule has 35 heavy (non-hydrogen) atoms. The third-order valence-corrected chi connectivity index (χ3v) is 7.64. The van der Waals surface area contributed by atoms with E-state index in [1.54, 1.807) is 26.0 Å². The molecule has 0 spiro atoms. The van der Waals surface area contributed by atoms with Gasteiger partial charge >= 0.3 is 18.0 Å². The van der Waals surface area contributed by atoms with Gasteiger partial charge in [-0.1, -0.05) is 68.4 Å². The molecule has 0 aromatic heterocycles. The van der Waals surface area contributed by atoms with E-state index in [4.69, 9.17) is 9.47 Å². The normalized spacial score (nSPS) is 15.4. The molecule has 0 fully saturated rings. The molecule has 1 amide bonds. The van der Waals surface area contributed by atoms with Gasteiger partial charge in [0.1, 0.15) is 5.78 Å². The molecule has 4 unspecified atom stereocenters. The van der Waals surface area contributed by atoms with Gasteiger partial charge in [0.15, 0.2) is 0 Å². The smallest absolute Gasteiger partial charge is 0.410 e. The maximum atomic E-state index is 12.9. The minimum Gasteiger partial charge on any atom is -0.481 e. The van der Waals surface area contributed by atoms with Gasteiger partial charge in [-0.2, -0.15) is 0 Å². The van der Waals surface area contributed by atoms with Crippen molar-refractivity contribution in [2.75, 3.05) is 6.16 Å². The monoisotopic (exact) mass is 505 g/mol. The molecule has 0 saturated carbocycles. The summed E-state index contributed by atoms with van der Waals surface area (Å²) < 4.78 is 22.7. The molecule has 0 aliphatic heterocycles. The molecule has 0 radical (unpaired) electrons. The van der Waals surface area contributed by atoms with Crippen LogP contribution in [0.2, 0.25) is 0 Å². The number of hydrogen-bond donors (Lipinski definition) is 3. The van der Waals surface area contributed by atoms with Crippen LogP contribution in [0, 0.1) is 11.8 Å². The van der Waals surface area contributed by atoms with Gasteiger partial charge in [0.25, 0.3) is 0 Å². The molecule has 0 aliphatic carbocycles. The Labute approximate surface area is 204 Å². The first kappa shape index (κ1) is 28.1. The van der Waals surface area contributed by atoms with E-state index in [-0.39, 0.29) is 6.42 Å². The fourth-order valence-corrected chi connectivity index (χ4v) is 4.77. The second-order valence-corrected chi connectivity index (χ2v) is 11.3. The molecule has 4 atom stereocenters. The summed E-state index contributed by atoms with van der Waals surface area (Å²) in [6.07, 6.45) is -2.74. The lowest BCUT2D eigenvalue weighted by Crippen LogP contribution is -2.37. The molecule has 10 heteroatoms. The van der Waals surface area contributed by atoms with Gasteiger partial charge in [0.05, 0.1) is 11.8 Å². The first-order valence-corrected chi connectivity index (χ1v) is 13.2. The Balaban J connectivity index is 1.98. The highest BCUT2D eigenvalue weighted by Crippen LogP contribution is 2.47. The predicted molar refractivity (Wildman–Crippen MR) is 131 cm³/mol. The van der Waals surface area contributed by atoms with Crippen molar-refractivity contribution in [3.63, 3.8) is 0 Å². The number of carbonyl (C=O) groups is 3. The van der Waals surface area contributed by atoms with Crippen molar-refractivity contribution in [3.05, 3.63) is 60.2 Å². The second kappa shape index (κ2) is 12.5. The molecular weight excluding hydrogens is 473 g/mol. The van der Waals surface area contributed by atoms with Crippen LogP contribution in [-0.4, -0.2) is 46.3 Å². The van der Waals surface area contributed by atoms with Gasteiger partial charge in [-0.3, -0.25) is 14.2 Å². The van der Waals surface area contributed by atoms with Crippen LogP contribution in [-0.2, 0) is 30.0 Å². The molecule has 2 aromatic rings. The summed E-state index contributed by atoms with van der Waals surface area (Å²) in [5.41, 5.74) is 2.70. The summed E-state index contributed by atoms with van der Waals surface area (Å²) in [5.74, 6) is -4.60. The topological polar surface area (TPSA) is 139 Å². The summed E-state index contributed by atoms with van der Waals surface area (Å²) in [6.45, 7) is 5.87. The van der Waals surface area contributed by atoms with Crippen molar-refractivity contribution in [2.24, 2.45) is 11.8 Å². The number of carboxylic acid groups (broad SMARTS) is 1. The number of esters is 1. The summed E-state index contributed by atoms with van der Waals surface area (Å²) >= 11 is 0. The molecule has 0 heterocycles. The van der Waals surface area contributed by atoms with Crippen LogP contribution in [0.3, 0.4) is 0 Å². The highest BCUT2D eigenvalue weighted by molar-refractivity contribution is 7.58. The zero-order chi connectivity index (χ0) is 26.2. The van der Waals surface area contributed by atoms with Crippen LogP contribution in [0.15, 0.2) is 54.6 Å². The lowest BCUT2D eigenvalue weighted by molar-refractivity contribution is -0.168. The van der Waals surface area contributed by atoms with Crippen molar-refractivity contribution < 1.29 is 38.4 Å². The van der Waals surface area contributed by atoms with E-state index in [9.17, 15) is 28.9 Å². The lowest BCUT2D eigenvalue weighted by atomic mass is 9.98. The summed E-state index contributed by atoms with van der Waals surface area (Å²) in [4.78, 5) is 46.0. The molecule has 3 N–H and O–H groups in total. The predicted octanol–water partition coefficient (Wildman–Crippen LogP) is 4.48. The Hall–Kier alpha value is -3.16. The van der Waals surface area contributed by atoms with Crippen LogP contribution < -0.4 is 5.32 Å². The van der Waals surface area contributed by atoms with Crippen LogP contribution in [0.4, 0.5) is 4.79 Å². The Bertz CT molecular complexity index is 1050. The fraction of sp³-hybridized carbons (Fsp3) is 0.400. The van der Waals surface area contributed by atoms with Crippen molar-refractivity contribution in [3.8, 4) is 11.1 Å². The summed E-state index contributed by atoms with van der Waals surface area (Å²) in [7, 11) is -4.13. The first-order chi connectivity index (χ1) is 16.4. The van der Waals surface area contributed by atoms with E-state index < -0.39 is 55.5 Å². The molecule has 0 aliphatic rings. The van der Waals surface area contributed by atoms with Crippen molar-refractivity contribution >= 4 is 25.4 Å². The molecule has 9 nitrogen and oxygen atoms in total. The Morgan fingerprint density at radius 3 is 2.03 bits per heavy atom. The number of amides is 1. The number of alkyl carbamates (subject to hydrolysis) is 1. The minimum absolute atomic E-state index is 0.0499. The van der Waals surface area contributed by atoms with Crippen LogP contribution in [0.25, 0.3) is 11.1 Å². The van der Waals surface area contributed by atoms with Gasteiger partial charge in [0, 0.05) is 13.1 Å². The highest BCUT2D eigenvalue weighted by Gasteiger charge is 2.35. The van der Waals surface area contributed by atoms with Crippen LogP contribution >= 0.6 is 7.37 Å². The number of nitrogens with one attached hydrogen (secondary N) is 1. The van der Waals surface area contributed by atoms with Gasteiger partial charge < -0.3 is 24.8 Å². The van der Waals surface area contributed by atoms with Gasteiger partial charge in [-0.25, -0.2) is 4.79 Å². The third-order valence-electron chi connectivity index (χ3n) is 5.33. The number of carboxylic acids is 1. The summed E-state index contributed by atoms with van der Waals surface area (Å²) in [5, 5.41) is 11.9. The third kappa shape index (κ3) is 8.85. The maximum absolute atomic E-state index is 12.9. The quantitative estimate of drug-likeness (QED) is 0.231. The lowest BCUT2D eigenvalue weighted by Gasteiger charge is -2.24. The number of benzene rings is 2. The van der Waals surface area contributed by atoms with Gasteiger partial charge in [0.2, 0.25) is 13.7 Å². The van der Waals surface area contributed by atoms with E-state index in [0.29, 0.717) is 5.56 Å². The standard InChI is InChI=1S/C25H32NO8P/c1-16(2)24(29)33-18(4)34-25(30)26-17(3)35(31,32)15-22(23(27)28)14-19-10-12-21(13-11-19)20-8-6-5-7-9-20/h5-13,16-18,22H,14-15H2,1-4H3,(H,26,30)(H,27,28)(H,31,32). The number of hydrogen-bond acceptors (Lipinski definition) is 6. The molecule has 190 valence electrons. The second-order valence-electron chi connectivity index (χ2n) is 8.63. The van der Waals surface area contributed by atoms with E-state index >= 15 is 0 Å². The molecular formula is C25H32NO8P. The van der Waals surface area contributed by atoms with E-state index in [1.165, 1.54) is 13.8 Å². The molecule has 0 saturated heterocycles. The van der Waals surface area contributed by atoms with Gasteiger partial charge in [-0.15, -0.1) is 0 Å². The average molecular weight is 506 g/mol. The van der Waals surface area contributed by atoms with Crippen molar-refractivity contribution in [1.29, 1.82) is 0 Å². The maximum Gasteiger partial charge on any atom is 0.410 e. The largest absolute Gasteiger partial charge is 0.481 e. The minimum atomic E-state index is -4.13. The number of rotatable bonds is 11. The average Bonchev–Trinajstić information content (AvgIpc) is 2.79. The Kier molecular flexibility index (Phi) is 10.0. The highest BCUT2D eigenvalue weighted by atomic mass is 31.2. The number of aliphatic carboxylic acids is 1. The zero-order valence-electron chi connectivity index (χ0n) is 20.2. The number of carbonyl (C=O) groups excluding carboxylic acids is 2. The zero-order valence-corrected chi connectivity index (χ0v) is 21.1. The Morgan fingerprint density at radius 1 is 0.914 bits per heavy atom. The van der Waals surface area contributed by atoms with Crippen LogP contribution in [0.1, 0.15) is 33.3 Å².